The molecule has 9 atom stereocenters. The summed E-state index contributed by atoms with van der Waals surface area (Å²) >= 11 is 0. The van der Waals surface area contributed by atoms with E-state index in [0.29, 0.717) is 23.7 Å². The number of hydrogen-bond donors (Lipinski definition) is 0. The van der Waals surface area contributed by atoms with Crippen LogP contribution in [0.15, 0.2) is 23.3 Å². The van der Waals surface area contributed by atoms with Gasteiger partial charge in [-0.15, -0.1) is 0 Å². The average molecular weight is 545 g/mol. The van der Waals surface area contributed by atoms with Gasteiger partial charge in [-0.2, -0.15) is 0 Å². The maximum Gasteiger partial charge on any atom is 0.313 e. The third-order valence-corrected chi connectivity index (χ3v) is 21.5. The second kappa shape index (κ2) is 9.17. The van der Waals surface area contributed by atoms with Gasteiger partial charge >= 0.3 is 5.97 Å². The SMILES string of the molecule is CC[Si](CC)(CC)O[C@@H]1C=CC(C)=C2C[C@@H]3[C@H]4OC(=O)[C@]5(CC[C@H]1[C@H]2[C@H]35)[C@H](C)[C@H]4O[Si](C)(C)C(C)(C)C. The fourth-order valence-electron chi connectivity index (χ4n) is 8.85. The fraction of sp³-hybridized carbons (Fsp3) is 0.839. The molecule has 5 fully saturated rings. The molecule has 0 aromatic carbocycles. The standard InChI is InChI=1S/C31H52O4Si2/c1-11-37(12-2,13-3)34-24-15-14-19(4)22-18-23-26-25(22)21(24)16-17-31(26)20(5)27(28(23)33-29(31)32)35-36(9,10)30(6,7)8/h14-15,20-21,23-28H,11-13,16-18H2,1-10H3/t20-,21-,23+,24-,25-,26+,27-,28-,31-/m1/s1. The summed E-state index contributed by atoms with van der Waals surface area (Å²) in [6.07, 6.45) is 7.84. The van der Waals surface area contributed by atoms with Crippen molar-refractivity contribution in [3.63, 3.8) is 0 Å². The summed E-state index contributed by atoms with van der Waals surface area (Å²) in [7, 11) is -3.77. The lowest BCUT2D eigenvalue weighted by atomic mass is 9.46. The van der Waals surface area contributed by atoms with Crippen LogP contribution in [-0.4, -0.2) is 40.9 Å². The Morgan fingerprint density at radius 1 is 1.08 bits per heavy atom. The first kappa shape index (κ1) is 27.9. The minimum Gasteiger partial charge on any atom is -0.459 e. The summed E-state index contributed by atoms with van der Waals surface area (Å²) in [5.41, 5.74) is 2.58. The number of allylic oxidation sites excluding steroid dienone is 3. The maximum atomic E-state index is 13.9. The van der Waals surface area contributed by atoms with Crippen LogP contribution >= 0.6 is 0 Å². The van der Waals surface area contributed by atoms with Gasteiger partial charge in [0.2, 0.25) is 0 Å². The van der Waals surface area contributed by atoms with Crippen LogP contribution in [0, 0.1) is 35.0 Å². The highest BCUT2D eigenvalue weighted by Gasteiger charge is 2.74. The smallest absolute Gasteiger partial charge is 0.313 e. The van der Waals surface area contributed by atoms with Crippen molar-refractivity contribution < 1.29 is 18.4 Å². The van der Waals surface area contributed by atoms with E-state index in [1.165, 1.54) is 23.7 Å². The quantitative estimate of drug-likeness (QED) is 0.242. The van der Waals surface area contributed by atoms with Gasteiger partial charge in [0.25, 0.3) is 0 Å². The first-order chi connectivity index (χ1) is 17.3. The predicted molar refractivity (Wildman–Crippen MR) is 155 cm³/mol. The van der Waals surface area contributed by atoms with Crippen LogP contribution in [-0.2, 0) is 18.4 Å². The highest BCUT2D eigenvalue weighted by Crippen LogP contribution is 2.70. The van der Waals surface area contributed by atoms with E-state index in [0.717, 1.165) is 19.3 Å². The molecule has 208 valence electrons. The Labute approximate surface area is 228 Å². The van der Waals surface area contributed by atoms with Crippen molar-refractivity contribution in [2.75, 3.05) is 0 Å². The molecule has 6 aliphatic rings. The summed E-state index contributed by atoms with van der Waals surface area (Å²) in [6.45, 7) is 23.2. The summed E-state index contributed by atoms with van der Waals surface area (Å²) < 4.78 is 20.7. The Balaban J connectivity index is 1.54. The van der Waals surface area contributed by atoms with Crippen LogP contribution in [0.2, 0.25) is 36.3 Å². The molecule has 4 aliphatic carbocycles. The predicted octanol–water partition coefficient (Wildman–Crippen LogP) is 7.88. The Bertz CT molecular complexity index is 981. The number of esters is 1. The van der Waals surface area contributed by atoms with Crippen molar-refractivity contribution in [1.29, 1.82) is 0 Å². The average Bonchev–Trinajstić information content (AvgIpc) is 3.20. The number of fused-ring (bicyclic) bond motifs is 2. The largest absolute Gasteiger partial charge is 0.459 e. The molecule has 2 heterocycles. The van der Waals surface area contributed by atoms with Crippen molar-refractivity contribution >= 4 is 22.6 Å². The Hall–Kier alpha value is -0.696. The number of rotatable bonds is 7. The van der Waals surface area contributed by atoms with Crippen LogP contribution in [0.1, 0.15) is 74.7 Å². The lowest BCUT2D eigenvalue weighted by Gasteiger charge is -2.64. The molecule has 0 radical (unpaired) electrons. The summed E-state index contributed by atoms with van der Waals surface area (Å²) in [5.74, 6) is 1.92. The van der Waals surface area contributed by atoms with Crippen LogP contribution in [0.3, 0.4) is 0 Å². The molecule has 3 saturated carbocycles. The number of ether oxygens (including phenoxy) is 1. The molecule has 0 aromatic heterocycles. The van der Waals surface area contributed by atoms with Gasteiger partial charge in [-0.1, -0.05) is 71.8 Å². The molecule has 6 heteroatoms. The normalized spacial score (nSPS) is 41.1. The zero-order valence-corrected chi connectivity index (χ0v) is 27.1. The number of carbonyl (C=O) groups excluding carboxylic acids is 1. The molecule has 2 saturated heterocycles. The van der Waals surface area contributed by atoms with E-state index in [4.69, 9.17) is 13.6 Å². The van der Waals surface area contributed by atoms with Crippen molar-refractivity contribution in [1.82, 2.24) is 0 Å². The second-order valence-corrected chi connectivity index (χ2v) is 24.0. The third kappa shape index (κ3) is 3.89. The van der Waals surface area contributed by atoms with Gasteiger partial charge in [0, 0.05) is 11.8 Å². The van der Waals surface area contributed by atoms with Gasteiger partial charge in [-0.3, -0.25) is 4.79 Å². The molecule has 4 nitrogen and oxygen atoms in total. The van der Waals surface area contributed by atoms with Crippen LogP contribution in [0.4, 0.5) is 0 Å². The highest BCUT2D eigenvalue weighted by molar-refractivity contribution is 6.74. The molecule has 2 bridgehead atoms. The molecule has 1 spiro atoms. The lowest BCUT2D eigenvalue weighted by molar-refractivity contribution is -0.255. The van der Waals surface area contributed by atoms with Gasteiger partial charge in [0.05, 0.1) is 17.6 Å². The van der Waals surface area contributed by atoms with E-state index in [2.05, 4.69) is 80.6 Å². The van der Waals surface area contributed by atoms with E-state index < -0.39 is 22.0 Å². The Morgan fingerprint density at radius 3 is 2.32 bits per heavy atom. The summed E-state index contributed by atoms with van der Waals surface area (Å²) in [4.78, 5) is 13.9. The molecular formula is C31H52O4Si2. The first-order valence-electron chi connectivity index (χ1n) is 15.2. The van der Waals surface area contributed by atoms with E-state index in [-0.39, 0.29) is 35.2 Å². The minimum absolute atomic E-state index is 0.0163. The minimum atomic E-state index is -2.01. The third-order valence-electron chi connectivity index (χ3n) is 12.3. The van der Waals surface area contributed by atoms with Crippen molar-refractivity contribution in [3.05, 3.63) is 23.3 Å². The Morgan fingerprint density at radius 2 is 1.73 bits per heavy atom. The monoisotopic (exact) mass is 544 g/mol. The molecule has 0 N–H and O–H groups in total. The van der Waals surface area contributed by atoms with Crippen molar-refractivity contribution in [2.24, 2.45) is 35.0 Å². The lowest BCUT2D eigenvalue weighted by Crippen LogP contribution is -2.71. The van der Waals surface area contributed by atoms with Crippen LogP contribution in [0.25, 0.3) is 0 Å². The molecule has 0 amide bonds. The van der Waals surface area contributed by atoms with Crippen molar-refractivity contribution in [3.8, 4) is 0 Å². The van der Waals surface area contributed by atoms with Gasteiger partial charge in [-0.25, -0.2) is 0 Å². The number of carbonyl (C=O) groups is 1. The molecule has 0 unspecified atom stereocenters. The van der Waals surface area contributed by atoms with Gasteiger partial charge in [-0.05, 0) is 80.2 Å². The summed E-state index contributed by atoms with van der Waals surface area (Å²) in [6, 6.07) is 3.53. The van der Waals surface area contributed by atoms with E-state index in [1.807, 2.05) is 0 Å². The first-order valence-corrected chi connectivity index (χ1v) is 20.6. The number of hydrogen-bond acceptors (Lipinski definition) is 4. The van der Waals surface area contributed by atoms with Gasteiger partial charge < -0.3 is 13.6 Å². The van der Waals surface area contributed by atoms with E-state index >= 15 is 0 Å². The van der Waals surface area contributed by atoms with E-state index in [9.17, 15) is 4.79 Å². The van der Waals surface area contributed by atoms with E-state index in [1.54, 1.807) is 5.57 Å². The molecule has 6 rings (SSSR count). The molecular weight excluding hydrogens is 493 g/mol. The molecule has 0 aromatic rings. The fourth-order valence-corrected chi connectivity index (χ4v) is 13.0. The zero-order chi connectivity index (χ0) is 27.1. The molecule has 2 aliphatic heterocycles. The van der Waals surface area contributed by atoms with Crippen LogP contribution < -0.4 is 0 Å². The highest BCUT2D eigenvalue weighted by atomic mass is 28.4. The van der Waals surface area contributed by atoms with Crippen LogP contribution in [0.5, 0.6) is 0 Å². The molecule has 37 heavy (non-hydrogen) atoms. The maximum absolute atomic E-state index is 13.9. The zero-order valence-electron chi connectivity index (χ0n) is 25.1. The van der Waals surface area contributed by atoms with Gasteiger partial charge in [0.15, 0.2) is 16.6 Å². The second-order valence-electron chi connectivity index (χ2n) is 14.6. The van der Waals surface area contributed by atoms with Crippen molar-refractivity contribution in [2.45, 2.75) is 129 Å². The topological polar surface area (TPSA) is 44.8 Å². The summed E-state index contributed by atoms with van der Waals surface area (Å²) in [5, 5.41) is 0.131. The van der Waals surface area contributed by atoms with Gasteiger partial charge in [0.1, 0.15) is 6.10 Å². The Kier molecular flexibility index (Phi) is 6.90.